The molecule has 0 spiro atoms. The van der Waals surface area contributed by atoms with E-state index in [-0.39, 0.29) is 31.8 Å². The van der Waals surface area contributed by atoms with Gasteiger partial charge < -0.3 is 14.6 Å². The highest BCUT2D eigenvalue weighted by atomic mass is 18.2. The molecule has 0 saturated carbocycles. The molecular formula is C27H51FO5. The first kappa shape index (κ1) is 31.8. The van der Waals surface area contributed by atoms with E-state index < -0.39 is 6.10 Å². The summed E-state index contributed by atoms with van der Waals surface area (Å²) in [7, 11) is 0. The summed E-state index contributed by atoms with van der Waals surface area (Å²) < 4.78 is 22.0. The van der Waals surface area contributed by atoms with Crippen LogP contribution in [-0.2, 0) is 19.1 Å². The highest BCUT2D eigenvalue weighted by molar-refractivity contribution is 5.69. The largest absolute Gasteiger partial charge is 0.463 e. The number of hydrogen-bond donors (Lipinski definition) is 1. The van der Waals surface area contributed by atoms with E-state index in [9.17, 15) is 19.1 Å². The Morgan fingerprint density at radius 2 is 0.939 bits per heavy atom. The van der Waals surface area contributed by atoms with Crippen molar-refractivity contribution in [2.24, 2.45) is 0 Å². The molecule has 0 amide bonds. The Kier molecular flexibility index (Phi) is 24.6. The molecule has 0 rings (SSSR count). The van der Waals surface area contributed by atoms with Gasteiger partial charge in [-0.2, -0.15) is 0 Å². The van der Waals surface area contributed by atoms with E-state index in [1.165, 1.54) is 64.2 Å². The fraction of sp³-hybridized carbons (Fsp3) is 0.926. The lowest BCUT2D eigenvalue weighted by Crippen LogP contribution is -2.25. The summed E-state index contributed by atoms with van der Waals surface area (Å²) in [6, 6.07) is 0. The number of rotatable bonds is 25. The summed E-state index contributed by atoms with van der Waals surface area (Å²) in [4.78, 5) is 23.4. The van der Waals surface area contributed by atoms with Gasteiger partial charge in [-0.3, -0.25) is 14.0 Å². The van der Waals surface area contributed by atoms with Crippen molar-refractivity contribution in [3.8, 4) is 0 Å². The van der Waals surface area contributed by atoms with Crippen LogP contribution >= 0.6 is 0 Å². The molecule has 0 aromatic rings. The number of hydrogen-bond acceptors (Lipinski definition) is 5. The minimum Gasteiger partial charge on any atom is -0.463 e. The summed E-state index contributed by atoms with van der Waals surface area (Å²) in [6.07, 6.45) is 19.9. The number of carbonyl (C=O) groups excluding carboxylic acids is 2. The van der Waals surface area contributed by atoms with Crippen LogP contribution in [0.1, 0.15) is 135 Å². The number of carbonyl (C=O) groups is 2. The van der Waals surface area contributed by atoms with Gasteiger partial charge in [0, 0.05) is 12.8 Å². The van der Waals surface area contributed by atoms with Crippen LogP contribution in [0, 0.1) is 0 Å². The van der Waals surface area contributed by atoms with E-state index in [1.54, 1.807) is 0 Å². The first-order valence-corrected chi connectivity index (χ1v) is 13.7. The molecule has 0 aliphatic heterocycles. The standard InChI is InChI=1S/C27H51FO5/c1-2-3-4-5-6-7-8-9-10-11-12-14-17-20-26(30)32-23-25(29)24-33-27(31)21-18-15-13-16-19-22-28/h25,29H,2-24H2,1H3/t25-/m0/s1/i28-1. The zero-order valence-corrected chi connectivity index (χ0v) is 21.3. The maximum absolute atomic E-state index is 12.0. The quantitative estimate of drug-likeness (QED) is 0.112. The average molecular weight is 474 g/mol. The maximum atomic E-state index is 12.0. The van der Waals surface area contributed by atoms with Gasteiger partial charge in [-0.05, 0) is 19.3 Å². The SMILES string of the molecule is CCCCCCCCCCCCCCCC(=O)OC[C@H](O)COC(=O)CCCCCCC[18F]. The topological polar surface area (TPSA) is 72.8 Å². The zero-order valence-electron chi connectivity index (χ0n) is 21.3. The van der Waals surface area contributed by atoms with Crippen molar-refractivity contribution in [2.45, 2.75) is 141 Å². The minimum absolute atomic E-state index is 0.145. The molecule has 0 aliphatic rings. The van der Waals surface area contributed by atoms with Crippen molar-refractivity contribution in [1.82, 2.24) is 0 Å². The molecule has 0 aromatic heterocycles. The van der Waals surface area contributed by atoms with Gasteiger partial charge in [0.1, 0.15) is 19.3 Å². The maximum Gasteiger partial charge on any atom is 0.305 e. The Balaban J connectivity index is 3.41. The van der Waals surface area contributed by atoms with E-state index in [0.29, 0.717) is 25.7 Å². The monoisotopic (exact) mass is 473 g/mol. The second-order valence-electron chi connectivity index (χ2n) is 9.22. The van der Waals surface area contributed by atoms with Crippen LogP contribution in [0.5, 0.6) is 0 Å². The highest BCUT2D eigenvalue weighted by Gasteiger charge is 2.12. The summed E-state index contributed by atoms with van der Waals surface area (Å²) in [5.41, 5.74) is 0. The third-order valence-electron chi connectivity index (χ3n) is 5.87. The summed E-state index contributed by atoms with van der Waals surface area (Å²) >= 11 is 0. The van der Waals surface area contributed by atoms with Gasteiger partial charge in [0.25, 0.3) is 0 Å². The van der Waals surface area contributed by atoms with Crippen molar-refractivity contribution in [1.29, 1.82) is 0 Å². The molecular weight excluding hydrogens is 422 g/mol. The predicted molar refractivity (Wildman–Crippen MR) is 132 cm³/mol. The van der Waals surface area contributed by atoms with Crippen LogP contribution < -0.4 is 0 Å². The van der Waals surface area contributed by atoms with Crippen molar-refractivity contribution in [3.63, 3.8) is 0 Å². The molecule has 0 bridgehead atoms. The van der Waals surface area contributed by atoms with E-state index in [4.69, 9.17) is 9.47 Å². The second-order valence-corrected chi connectivity index (χ2v) is 9.22. The van der Waals surface area contributed by atoms with Crippen molar-refractivity contribution in [3.05, 3.63) is 0 Å². The molecule has 0 aromatic carbocycles. The van der Waals surface area contributed by atoms with Crippen molar-refractivity contribution in [2.75, 3.05) is 19.9 Å². The molecule has 196 valence electrons. The first-order valence-electron chi connectivity index (χ1n) is 13.7. The zero-order chi connectivity index (χ0) is 24.4. The lowest BCUT2D eigenvalue weighted by atomic mass is 10.0. The molecule has 33 heavy (non-hydrogen) atoms. The fourth-order valence-electron chi connectivity index (χ4n) is 3.75. The molecule has 0 unspecified atom stereocenters. The predicted octanol–water partition coefficient (Wildman–Crippen LogP) is 7.23. The molecule has 0 aliphatic carbocycles. The Morgan fingerprint density at radius 1 is 0.606 bits per heavy atom. The molecule has 0 heterocycles. The molecule has 0 saturated heterocycles. The van der Waals surface area contributed by atoms with Crippen LogP contribution in [0.15, 0.2) is 0 Å². The number of alkyl halides is 1. The lowest BCUT2D eigenvalue weighted by molar-refractivity contribution is -0.152. The van der Waals surface area contributed by atoms with Crippen LogP contribution in [-0.4, -0.2) is 43.0 Å². The smallest absolute Gasteiger partial charge is 0.305 e. The molecule has 0 radical (unpaired) electrons. The number of unbranched alkanes of at least 4 members (excludes halogenated alkanes) is 16. The second kappa shape index (κ2) is 25.5. The van der Waals surface area contributed by atoms with Crippen molar-refractivity contribution >= 4 is 11.9 Å². The van der Waals surface area contributed by atoms with Gasteiger partial charge in [0.15, 0.2) is 0 Å². The Bertz CT molecular complexity index is 444. The number of ether oxygens (including phenoxy) is 2. The van der Waals surface area contributed by atoms with Crippen LogP contribution in [0.3, 0.4) is 0 Å². The molecule has 6 heteroatoms. The normalized spacial score (nSPS) is 12.0. The lowest BCUT2D eigenvalue weighted by Gasteiger charge is -2.12. The van der Waals surface area contributed by atoms with Gasteiger partial charge in [0.05, 0.1) is 6.67 Å². The average Bonchev–Trinajstić information content (AvgIpc) is 2.81. The minimum atomic E-state index is -0.992. The molecule has 5 nitrogen and oxygen atoms in total. The molecule has 1 atom stereocenters. The van der Waals surface area contributed by atoms with Crippen LogP contribution in [0.2, 0.25) is 0 Å². The van der Waals surface area contributed by atoms with Gasteiger partial charge in [-0.15, -0.1) is 0 Å². The number of esters is 2. The summed E-state index contributed by atoms with van der Waals surface area (Å²) in [5.74, 6) is -0.672. The van der Waals surface area contributed by atoms with Gasteiger partial charge in [-0.1, -0.05) is 103 Å². The van der Waals surface area contributed by atoms with Crippen LogP contribution in [0.4, 0.5) is 4.39 Å². The van der Waals surface area contributed by atoms with E-state index in [0.717, 1.165) is 38.5 Å². The van der Waals surface area contributed by atoms with E-state index in [1.807, 2.05) is 0 Å². The summed E-state index contributed by atoms with van der Waals surface area (Å²) in [5, 5.41) is 9.81. The Labute approximate surface area is 202 Å². The van der Waals surface area contributed by atoms with Crippen LogP contribution in [0.25, 0.3) is 0 Å². The first-order chi connectivity index (χ1) is 16.1. The van der Waals surface area contributed by atoms with Gasteiger partial charge in [0.2, 0.25) is 0 Å². The van der Waals surface area contributed by atoms with Crippen molar-refractivity contribution < 1.29 is 28.6 Å². The molecule has 0 fully saturated rings. The van der Waals surface area contributed by atoms with E-state index >= 15 is 0 Å². The summed E-state index contributed by atoms with van der Waals surface area (Å²) in [6.45, 7) is 1.66. The Morgan fingerprint density at radius 3 is 1.30 bits per heavy atom. The number of halogens is 1. The fourth-order valence-corrected chi connectivity index (χ4v) is 3.75. The molecule has 1 N–H and O–H groups in total. The number of aliphatic hydroxyl groups is 1. The third kappa shape index (κ3) is 25.3. The van der Waals surface area contributed by atoms with E-state index in [2.05, 4.69) is 6.92 Å². The Hall–Kier alpha value is -1.17. The van der Waals surface area contributed by atoms with Gasteiger partial charge in [-0.25, -0.2) is 0 Å². The number of aliphatic hydroxyl groups excluding tert-OH is 1. The third-order valence-corrected chi connectivity index (χ3v) is 5.87. The van der Waals surface area contributed by atoms with Gasteiger partial charge >= 0.3 is 11.9 Å². The highest BCUT2D eigenvalue weighted by Crippen LogP contribution is 2.13.